The standard InChI is InChI=1S/C18H22BrFN6O4/c1-2-29-18(27)23-15(21)7-5-3-4-6-14-16(26-30-25-14)17(24-28)22-11-8-9-13(20)12(19)10-11/h8-10,28H,2-7H2,1H3,(H,22,24)(H2,21,23,27). The molecule has 1 heterocycles. The SMILES string of the molecule is CCOC(=O)N=C(N)CCCCCc1nonc1C(=Nc1ccc(F)c(Br)c1)NO. The average Bonchev–Trinajstić information content (AvgIpc) is 3.17. The molecule has 0 spiro atoms. The van der Waals surface area contributed by atoms with Crippen LogP contribution in [0.4, 0.5) is 14.9 Å². The van der Waals surface area contributed by atoms with Gasteiger partial charge in [0, 0.05) is 6.42 Å². The summed E-state index contributed by atoms with van der Waals surface area (Å²) in [7, 11) is 0. The van der Waals surface area contributed by atoms with Crippen molar-refractivity contribution in [3.63, 3.8) is 0 Å². The molecule has 0 saturated carbocycles. The number of hydrogen-bond acceptors (Lipinski definition) is 7. The third-order valence-electron chi connectivity index (χ3n) is 3.88. The maximum atomic E-state index is 13.4. The number of aryl methyl sites for hydroxylation is 1. The van der Waals surface area contributed by atoms with E-state index >= 15 is 0 Å². The van der Waals surface area contributed by atoms with Gasteiger partial charge in [0.05, 0.1) is 16.8 Å². The number of hydrogen-bond donors (Lipinski definition) is 3. The van der Waals surface area contributed by atoms with Gasteiger partial charge in [0.1, 0.15) is 17.3 Å². The molecule has 0 fully saturated rings. The van der Waals surface area contributed by atoms with Crippen molar-refractivity contribution in [2.45, 2.75) is 39.0 Å². The molecule has 0 aliphatic heterocycles. The first-order chi connectivity index (χ1) is 14.4. The predicted octanol–water partition coefficient (Wildman–Crippen LogP) is 3.64. The van der Waals surface area contributed by atoms with E-state index in [4.69, 9.17) is 15.1 Å². The number of hydroxylamine groups is 1. The van der Waals surface area contributed by atoms with Crippen LogP contribution in [-0.2, 0) is 11.2 Å². The molecule has 0 unspecified atom stereocenters. The van der Waals surface area contributed by atoms with Gasteiger partial charge in [-0.3, -0.25) is 10.7 Å². The number of unbranched alkanes of at least 4 members (excludes halogenated alkanes) is 2. The Hall–Kier alpha value is -2.86. The van der Waals surface area contributed by atoms with Crippen LogP contribution in [0.5, 0.6) is 0 Å². The topological polar surface area (TPSA) is 148 Å². The summed E-state index contributed by atoms with van der Waals surface area (Å²) >= 11 is 3.08. The molecule has 10 nitrogen and oxygen atoms in total. The molecule has 0 aliphatic rings. The zero-order chi connectivity index (χ0) is 21.9. The number of carbonyl (C=O) groups is 1. The number of halogens is 2. The monoisotopic (exact) mass is 484 g/mol. The highest BCUT2D eigenvalue weighted by Gasteiger charge is 2.16. The second-order valence-corrected chi connectivity index (χ2v) is 6.95. The number of benzene rings is 1. The Morgan fingerprint density at radius 2 is 2.17 bits per heavy atom. The van der Waals surface area contributed by atoms with Gasteiger partial charge >= 0.3 is 6.09 Å². The lowest BCUT2D eigenvalue weighted by Gasteiger charge is -2.04. The second kappa shape index (κ2) is 12.0. The number of nitrogens with two attached hydrogens (primary N) is 1. The maximum Gasteiger partial charge on any atom is 0.435 e. The molecule has 0 bridgehead atoms. The molecule has 0 saturated heterocycles. The van der Waals surface area contributed by atoms with Crippen LogP contribution in [0.25, 0.3) is 0 Å². The summed E-state index contributed by atoms with van der Waals surface area (Å²) in [5.41, 5.74) is 8.81. The largest absolute Gasteiger partial charge is 0.448 e. The second-order valence-electron chi connectivity index (χ2n) is 6.09. The van der Waals surface area contributed by atoms with E-state index in [0.717, 1.165) is 19.3 Å². The van der Waals surface area contributed by atoms with Gasteiger partial charge in [-0.2, -0.15) is 4.99 Å². The van der Waals surface area contributed by atoms with Crippen molar-refractivity contribution in [2.24, 2.45) is 15.7 Å². The van der Waals surface area contributed by atoms with Crippen molar-refractivity contribution in [1.82, 2.24) is 15.8 Å². The van der Waals surface area contributed by atoms with Crippen molar-refractivity contribution in [3.8, 4) is 0 Å². The van der Waals surface area contributed by atoms with E-state index in [-0.39, 0.29) is 28.4 Å². The van der Waals surface area contributed by atoms with Crippen LogP contribution in [0.2, 0.25) is 0 Å². The van der Waals surface area contributed by atoms with Crippen molar-refractivity contribution in [1.29, 1.82) is 0 Å². The summed E-state index contributed by atoms with van der Waals surface area (Å²) in [6.45, 7) is 1.94. The average molecular weight is 485 g/mol. The molecule has 1 amide bonds. The smallest absolute Gasteiger partial charge is 0.435 e. The van der Waals surface area contributed by atoms with Crippen molar-refractivity contribution < 1.29 is 23.8 Å². The number of aromatic nitrogens is 2. The molecule has 4 N–H and O–H groups in total. The Morgan fingerprint density at radius 1 is 1.37 bits per heavy atom. The first-order valence-corrected chi connectivity index (χ1v) is 9.99. The molecule has 0 atom stereocenters. The number of aliphatic imine (C=N–C) groups is 2. The zero-order valence-corrected chi connectivity index (χ0v) is 17.9. The van der Waals surface area contributed by atoms with Crippen LogP contribution in [0.15, 0.2) is 37.3 Å². The number of ether oxygens (including phenoxy) is 1. The first kappa shape index (κ1) is 23.4. The van der Waals surface area contributed by atoms with Gasteiger partial charge in [0.2, 0.25) is 0 Å². The van der Waals surface area contributed by atoms with Gasteiger partial charge in [-0.1, -0.05) is 11.6 Å². The van der Waals surface area contributed by atoms with E-state index in [0.29, 0.717) is 24.2 Å². The fourth-order valence-corrected chi connectivity index (χ4v) is 2.84. The van der Waals surface area contributed by atoms with Gasteiger partial charge < -0.3 is 10.5 Å². The van der Waals surface area contributed by atoms with E-state index in [1.807, 2.05) is 5.48 Å². The predicted molar refractivity (Wildman–Crippen MR) is 110 cm³/mol. The lowest BCUT2D eigenvalue weighted by atomic mass is 10.1. The molecule has 1 aromatic heterocycles. The highest BCUT2D eigenvalue weighted by molar-refractivity contribution is 9.10. The molecule has 162 valence electrons. The van der Waals surface area contributed by atoms with Gasteiger partial charge in [-0.25, -0.2) is 18.8 Å². The molecule has 0 radical (unpaired) electrons. The Balaban J connectivity index is 1.92. The van der Waals surface area contributed by atoms with Gasteiger partial charge in [0.25, 0.3) is 0 Å². The zero-order valence-electron chi connectivity index (χ0n) is 16.3. The highest BCUT2D eigenvalue weighted by atomic mass is 79.9. The molecular weight excluding hydrogens is 463 g/mol. The minimum Gasteiger partial charge on any atom is -0.448 e. The van der Waals surface area contributed by atoms with E-state index in [1.54, 1.807) is 6.92 Å². The fraction of sp³-hybridized carbons (Fsp3) is 0.389. The number of amidine groups is 2. The summed E-state index contributed by atoms with van der Waals surface area (Å²) in [6, 6.07) is 4.16. The summed E-state index contributed by atoms with van der Waals surface area (Å²) in [5, 5.41) is 17.1. The molecule has 0 aliphatic carbocycles. The minimum absolute atomic E-state index is 0.0237. The van der Waals surface area contributed by atoms with Crippen molar-refractivity contribution in [2.75, 3.05) is 6.61 Å². The van der Waals surface area contributed by atoms with Crippen molar-refractivity contribution in [3.05, 3.63) is 39.9 Å². The van der Waals surface area contributed by atoms with Crippen LogP contribution >= 0.6 is 15.9 Å². The third-order valence-corrected chi connectivity index (χ3v) is 4.49. The molecule has 30 heavy (non-hydrogen) atoms. The van der Waals surface area contributed by atoms with E-state index in [1.165, 1.54) is 18.2 Å². The lowest BCUT2D eigenvalue weighted by molar-refractivity contribution is 0.163. The number of nitrogens with one attached hydrogen (secondary N) is 1. The molecular formula is C18H22BrFN6O4. The van der Waals surface area contributed by atoms with Gasteiger partial charge in [0.15, 0.2) is 11.5 Å². The highest BCUT2D eigenvalue weighted by Crippen LogP contribution is 2.23. The van der Waals surface area contributed by atoms with Gasteiger partial charge in [-0.05, 0) is 65.5 Å². The summed E-state index contributed by atoms with van der Waals surface area (Å²) in [4.78, 5) is 19.1. The van der Waals surface area contributed by atoms with Crippen LogP contribution in [0.1, 0.15) is 44.0 Å². The first-order valence-electron chi connectivity index (χ1n) is 9.20. The summed E-state index contributed by atoms with van der Waals surface area (Å²) in [6.07, 6.45) is 2.53. The normalized spacial score (nSPS) is 12.1. The van der Waals surface area contributed by atoms with E-state index in [2.05, 4.69) is 36.2 Å². The van der Waals surface area contributed by atoms with Gasteiger partial charge in [-0.15, -0.1) is 0 Å². The van der Waals surface area contributed by atoms with E-state index in [9.17, 15) is 14.4 Å². The molecule has 1 aromatic carbocycles. The summed E-state index contributed by atoms with van der Waals surface area (Å²) in [5.74, 6) is -0.179. The lowest BCUT2D eigenvalue weighted by Crippen LogP contribution is -2.22. The number of nitrogens with zero attached hydrogens (tertiary/aromatic N) is 4. The number of rotatable bonds is 9. The Morgan fingerprint density at radius 3 is 2.87 bits per heavy atom. The molecule has 2 rings (SSSR count). The number of amides is 1. The Bertz CT molecular complexity index is 918. The third kappa shape index (κ3) is 7.19. The van der Waals surface area contributed by atoms with Crippen LogP contribution in [0, 0.1) is 5.82 Å². The fourth-order valence-electron chi connectivity index (χ4n) is 2.47. The van der Waals surface area contributed by atoms with E-state index < -0.39 is 11.9 Å². The maximum absolute atomic E-state index is 13.4. The minimum atomic E-state index is -0.690. The van der Waals surface area contributed by atoms with Crippen LogP contribution in [0.3, 0.4) is 0 Å². The molecule has 12 heteroatoms. The number of carbonyl (C=O) groups excluding carboxylic acids is 1. The summed E-state index contributed by atoms with van der Waals surface area (Å²) < 4.78 is 23.1. The van der Waals surface area contributed by atoms with Crippen LogP contribution in [-0.4, -0.2) is 39.9 Å². The quantitative estimate of drug-likeness (QED) is 0.211. The van der Waals surface area contributed by atoms with Crippen LogP contribution < -0.4 is 11.2 Å². The molecule has 2 aromatic rings. The Labute approximate surface area is 180 Å². The van der Waals surface area contributed by atoms with Crippen molar-refractivity contribution >= 4 is 39.4 Å². The Kier molecular flexibility index (Phi) is 9.35.